The highest BCUT2D eigenvalue weighted by molar-refractivity contribution is 5.80. The molecule has 35 heavy (non-hydrogen) atoms. The lowest BCUT2D eigenvalue weighted by Gasteiger charge is -2.31. The summed E-state index contributed by atoms with van der Waals surface area (Å²) in [5, 5.41) is 5.10. The van der Waals surface area contributed by atoms with Gasteiger partial charge in [0.15, 0.2) is 5.58 Å². The number of unbranched alkanes of at least 4 members (excludes halogenated alkanes) is 11. The SMILES string of the molecule is CCCCCCCC/C=C\CCCCCCCC(=O)N1CCC(c2noc3cc(F)ccc23)CC1. The van der Waals surface area contributed by atoms with E-state index >= 15 is 0 Å². The summed E-state index contributed by atoms with van der Waals surface area (Å²) in [5.74, 6) is 0.245. The van der Waals surface area contributed by atoms with Crippen LogP contribution in [0, 0.1) is 5.82 Å². The summed E-state index contributed by atoms with van der Waals surface area (Å²) < 4.78 is 18.7. The van der Waals surface area contributed by atoms with Crippen LogP contribution in [0.3, 0.4) is 0 Å². The minimum absolute atomic E-state index is 0.269. The number of piperidine rings is 1. The van der Waals surface area contributed by atoms with Gasteiger partial charge in [-0.2, -0.15) is 0 Å². The predicted molar refractivity (Wildman–Crippen MR) is 142 cm³/mol. The van der Waals surface area contributed by atoms with Gasteiger partial charge in [-0.15, -0.1) is 0 Å². The number of carbonyl (C=O) groups excluding carboxylic acids is 1. The lowest BCUT2D eigenvalue weighted by atomic mass is 9.91. The fraction of sp³-hybridized carbons (Fsp3) is 0.667. The van der Waals surface area contributed by atoms with E-state index in [1.54, 1.807) is 6.07 Å². The quantitative estimate of drug-likeness (QED) is 0.177. The van der Waals surface area contributed by atoms with Gasteiger partial charge in [0, 0.05) is 36.9 Å². The van der Waals surface area contributed by atoms with Crippen LogP contribution in [-0.4, -0.2) is 29.1 Å². The molecule has 1 saturated heterocycles. The summed E-state index contributed by atoms with van der Waals surface area (Å²) in [7, 11) is 0. The Balaban J connectivity index is 1.19. The molecule has 0 saturated carbocycles. The van der Waals surface area contributed by atoms with Gasteiger partial charge in [0.05, 0.1) is 5.69 Å². The third-order valence-electron chi connectivity index (χ3n) is 7.35. The van der Waals surface area contributed by atoms with E-state index in [9.17, 15) is 9.18 Å². The summed E-state index contributed by atoms with van der Waals surface area (Å²) >= 11 is 0. The van der Waals surface area contributed by atoms with Crippen LogP contribution in [0.4, 0.5) is 4.39 Å². The van der Waals surface area contributed by atoms with Crippen molar-refractivity contribution in [3.05, 3.63) is 41.9 Å². The van der Waals surface area contributed by atoms with Crippen LogP contribution in [0.15, 0.2) is 34.9 Å². The first kappa shape index (κ1) is 27.4. The zero-order chi connectivity index (χ0) is 24.7. The highest BCUT2D eigenvalue weighted by atomic mass is 19.1. The first-order valence-electron chi connectivity index (χ1n) is 14.2. The number of benzene rings is 1. The number of fused-ring (bicyclic) bond motifs is 1. The Hall–Kier alpha value is -2.17. The van der Waals surface area contributed by atoms with Crippen molar-refractivity contribution in [2.24, 2.45) is 0 Å². The molecule has 1 aliphatic heterocycles. The third-order valence-corrected chi connectivity index (χ3v) is 7.35. The van der Waals surface area contributed by atoms with E-state index in [-0.39, 0.29) is 17.6 Å². The number of carbonyl (C=O) groups is 1. The lowest BCUT2D eigenvalue weighted by Crippen LogP contribution is -2.37. The predicted octanol–water partition coefficient (Wildman–Crippen LogP) is 8.71. The summed E-state index contributed by atoms with van der Waals surface area (Å²) in [6.45, 7) is 3.80. The number of hydrogen-bond acceptors (Lipinski definition) is 3. The molecule has 2 heterocycles. The van der Waals surface area contributed by atoms with Crippen molar-refractivity contribution in [3.63, 3.8) is 0 Å². The van der Waals surface area contributed by atoms with Crippen LogP contribution in [0.5, 0.6) is 0 Å². The second-order valence-electron chi connectivity index (χ2n) is 10.2. The molecule has 0 N–H and O–H groups in total. The Morgan fingerprint density at radius 2 is 1.60 bits per heavy atom. The van der Waals surface area contributed by atoms with Crippen molar-refractivity contribution in [2.45, 2.75) is 116 Å². The summed E-state index contributed by atoms with van der Waals surface area (Å²) in [6.07, 6.45) is 23.7. The molecule has 1 aromatic carbocycles. The number of hydrogen-bond donors (Lipinski definition) is 0. The van der Waals surface area contributed by atoms with Crippen LogP contribution in [0.25, 0.3) is 11.0 Å². The topological polar surface area (TPSA) is 46.3 Å². The lowest BCUT2D eigenvalue weighted by molar-refractivity contribution is -0.132. The van der Waals surface area contributed by atoms with Crippen molar-refractivity contribution >= 4 is 16.9 Å². The molecule has 1 aromatic heterocycles. The Bertz CT molecular complexity index is 899. The molecular formula is C30H45FN2O2. The number of likely N-dealkylation sites (tertiary alicyclic amines) is 1. The monoisotopic (exact) mass is 484 g/mol. The van der Waals surface area contributed by atoms with Gasteiger partial charge in [0.2, 0.25) is 5.91 Å². The molecule has 0 unspecified atom stereocenters. The van der Waals surface area contributed by atoms with Crippen LogP contribution in [0.1, 0.15) is 121 Å². The minimum Gasteiger partial charge on any atom is -0.356 e. The van der Waals surface area contributed by atoms with Gasteiger partial charge in [0.25, 0.3) is 0 Å². The van der Waals surface area contributed by atoms with Gasteiger partial charge < -0.3 is 9.42 Å². The molecule has 3 rings (SSSR count). The molecule has 0 aliphatic carbocycles. The maximum absolute atomic E-state index is 13.4. The van der Waals surface area contributed by atoms with Gasteiger partial charge in [-0.25, -0.2) is 4.39 Å². The summed E-state index contributed by atoms with van der Waals surface area (Å²) in [6, 6.07) is 4.59. The van der Waals surface area contributed by atoms with E-state index in [0.717, 1.165) is 49.9 Å². The van der Waals surface area contributed by atoms with E-state index < -0.39 is 0 Å². The van der Waals surface area contributed by atoms with Crippen molar-refractivity contribution in [2.75, 3.05) is 13.1 Å². The standard InChI is InChI=1S/C30H45FN2O2/c1-2-3-4-5-6-7-8-9-10-11-12-13-14-15-16-17-29(34)33-22-20-25(21-23-33)30-27-19-18-26(31)24-28(27)35-32-30/h9-10,18-19,24-25H,2-8,11-17,20-23H2,1H3/b10-9-. The summed E-state index contributed by atoms with van der Waals surface area (Å²) in [5.41, 5.74) is 1.41. The van der Waals surface area contributed by atoms with Gasteiger partial charge >= 0.3 is 0 Å². The van der Waals surface area contributed by atoms with Crippen LogP contribution in [0.2, 0.25) is 0 Å². The normalized spacial score (nSPS) is 15.0. The Kier molecular flexibility index (Phi) is 12.3. The highest BCUT2D eigenvalue weighted by Crippen LogP contribution is 2.33. The molecule has 0 spiro atoms. The largest absolute Gasteiger partial charge is 0.356 e. The molecule has 0 atom stereocenters. The van der Waals surface area contributed by atoms with Crippen molar-refractivity contribution < 1.29 is 13.7 Å². The van der Waals surface area contributed by atoms with E-state index in [1.165, 1.54) is 82.8 Å². The first-order chi connectivity index (χ1) is 17.2. The third kappa shape index (κ3) is 9.42. The zero-order valence-electron chi connectivity index (χ0n) is 21.8. The number of nitrogens with zero attached hydrogens (tertiary/aromatic N) is 2. The van der Waals surface area contributed by atoms with Crippen molar-refractivity contribution in [1.29, 1.82) is 0 Å². The molecule has 0 bridgehead atoms. The maximum Gasteiger partial charge on any atom is 0.222 e. The molecule has 4 nitrogen and oxygen atoms in total. The van der Waals surface area contributed by atoms with Gasteiger partial charge in [-0.3, -0.25) is 4.79 Å². The van der Waals surface area contributed by atoms with Gasteiger partial charge in [0.1, 0.15) is 5.82 Å². The molecule has 5 heteroatoms. The van der Waals surface area contributed by atoms with Crippen molar-refractivity contribution in [1.82, 2.24) is 10.1 Å². The van der Waals surface area contributed by atoms with Crippen LogP contribution >= 0.6 is 0 Å². The maximum atomic E-state index is 13.4. The number of rotatable bonds is 16. The van der Waals surface area contributed by atoms with Crippen LogP contribution in [-0.2, 0) is 4.79 Å². The smallest absolute Gasteiger partial charge is 0.222 e. The molecule has 1 amide bonds. The second kappa shape index (κ2) is 15.7. The van der Waals surface area contributed by atoms with E-state index in [0.29, 0.717) is 12.0 Å². The number of aromatic nitrogens is 1. The van der Waals surface area contributed by atoms with Gasteiger partial charge in [-0.1, -0.05) is 75.6 Å². The molecular weight excluding hydrogens is 439 g/mol. The number of halogens is 1. The summed E-state index contributed by atoms with van der Waals surface area (Å²) in [4.78, 5) is 14.6. The average molecular weight is 485 g/mol. The Morgan fingerprint density at radius 1 is 0.971 bits per heavy atom. The van der Waals surface area contributed by atoms with E-state index in [4.69, 9.17) is 4.52 Å². The average Bonchev–Trinajstić information content (AvgIpc) is 3.29. The van der Waals surface area contributed by atoms with Crippen molar-refractivity contribution in [3.8, 4) is 0 Å². The Labute approximate surface area is 211 Å². The fourth-order valence-electron chi connectivity index (χ4n) is 5.13. The molecule has 0 radical (unpaired) electrons. The molecule has 2 aromatic rings. The minimum atomic E-state index is -0.309. The van der Waals surface area contributed by atoms with E-state index in [2.05, 4.69) is 24.2 Å². The number of amides is 1. The van der Waals surface area contributed by atoms with E-state index in [1.807, 2.05) is 4.90 Å². The molecule has 1 fully saturated rings. The number of allylic oxidation sites excluding steroid dienone is 2. The molecule has 194 valence electrons. The van der Waals surface area contributed by atoms with Gasteiger partial charge in [-0.05, 0) is 57.1 Å². The zero-order valence-corrected chi connectivity index (χ0v) is 21.8. The fourth-order valence-corrected chi connectivity index (χ4v) is 5.13. The highest BCUT2D eigenvalue weighted by Gasteiger charge is 2.27. The van der Waals surface area contributed by atoms with Crippen LogP contribution < -0.4 is 0 Å². The Morgan fingerprint density at radius 3 is 2.29 bits per heavy atom. The molecule has 1 aliphatic rings. The second-order valence-corrected chi connectivity index (χ2v) is 10.2. The first-order valence-corrected chi connectivity index (χ1v) is 14.2.